The Labute approximate surface area is 138 Å². The van der Waals surface area contributed by atoms with Gasteiger partial charge in [-0.05, 0) is 30.3 Å². The van der Waals surface area contributed by atoms with Crippen LogP contribution in [0.4, 0.5) is 15.9 Å². The molecule has 0 amide bonds. The second-order valence-electron chi connectivity index (χ2n) is 6.26. The lowest BCUT2D eigenvalue weighted by Gasteiger charge is -2.15. The van der Waals surface area contributed by atoms with Crippen LogP contribution in [0.15, 0.2) is 52.8 Å². The highest BCUT2D eigenvalue weighted by atomic mass is 35.5. The number of pyridine rings is 1. The Morgan fingerprint density at radius 1 is 1.13 bits per heavy atom. The van der Waals surface area contributed by atoms with Gasteiger partial charge in [0.2, 0.25) is 0 Å². The molecule has 0 aliphatic carbocycles. The topological polar surface area (TPSA) is 42.0 Å². The zero-order valence-electron chi connectivity index (χ0n) is 13.1. The van der Waals surface area contributed by atoms with Gasteiger partial charge in [-0.15, -0.1) is 10.2 Å². The number of fused-ring (bicyclic) bond motifs is 1. The molecule has 2 aromatic heterocycles. The van der Waals surface area contributed by atoms with Crippen molar-refractivity contribution in [3.63, 3.8) is 0 Å². The fraction of sp³-hybridized carbons (Fsp3) is 0.235. The molecular formula is C17H16ClFN4. The lowest BCUT2D eigenvalue weighted by Crippen LogP contribution is -2.11. The summed E-state index contributed by atoms with van der Waals surface area (Å²) in [5, 5.41) is 8.56. The van der Waals surface area contributed by atoms with Crippen LogP contribution >= 0.6 is 11.6 Å². The lowest BCUT2D eigenvalue weighted by atomic mass is 9.92. The standard InChI is InChI=1S/C17H16ClFN4/c1-17(2,3)15-16(23-9-5-4-6-14(23)20-15)22-21-11-7-8-13(19)12(18)10-11/h4-10H,1-3H3. The monoisotopic (exact) mass is 330 g/mol. The third-order valence-electron chi connectivity index (χ3n) is 3.38. The van der Waals surface area contributed by atoms with Crippen molar-refractivity contribution < 1.29 is 4.39 Å². The highest BCUT2D eigenvalue weighted by Crippen LogP contribution is 2.33. The van der Waals surface area contributed by atoms with Crippen LogP contribution in [-0.4, -0.2) is 9.38 Å². The highest BCUT2D eigenvalue weighted by molar-refractivity contribution is 6.30. The maximum absolute atomic E-state index is 13.2. The van der Waals surface area contributed by atoms with Crippen LogP contribution in [0.2, 0.25) is 5.02 Å². The largest absolute Gasteiger partial charge is 0.283 e. The highest BCUT2D eigenvalue weighted by Gasteiger charge is 2.24. The Bertz CT molecular complexity index is 893. The van der Waals surface area contributed by atoms with Crippen molar-refractivity contribution in [2.45, 2.75) is 26.2 Å². The second-order valence-corrected chi connectivity index (χ2v) is 6.67. The van der Waals surface area contributed by atoms with Gasteiger partial charge in [0.25, 0.3) is 0 Å². The van der Waals surface area contributed by atoms with E-state index in [0.29, 0.717) is 11.5 Å². The molecule has 0 bridgehead atoms. The summed E-state index contributed by atoms with van der Waals surface area (Å²) in [6.07, 6.45) is 1.89. The van der Waals surface area contributed by atoms with Crippen molar-refractivity contribution in [3.05, 3.63) is 59.1 Å². The number of hydrogen-bond donors (Lipinski definition) is 0. The third-order valence-corrected chi connectivity index (χ3v) is 3.67. The quantitative estimate of drug-likeness (QED) is 0.544. The Hall–Kier alpha value is -2.27. The van der Waals surface area contributed by atoms with Gasteiger partial charge in [0.15, 0.2) is 5.82 Å². The van der Waals surface area contributed by atoms with E-state index >= 15 is 0 Å². The minimum Gasteiger partial charge on any atom is -0.283 e. The van der Waals surface area contributed by atoms with Gasteiger partial charge in [-0.2, -0.15) is 0 Å². The first kappa shape index (κ1) is 15.6. The summed E-state index contributed by atoms with van der Waals surface area (Å²) in [4.78, 5) is 4.65. The van der Waals surface area contributed by atoms with Crippen LogP contribution < -0.4 is 0 Å². The zero-order valence-corrected chi connectivity index (χ0v) is 13.8. The molecule has 118 valence electrons. The van der Waals surface area contributed by atoms with Gasteiger partial charge in [-0.25, -0.2) is 9.37 Å². The molecule has 0 aliphatic heterocycles. The SMILES string of the molecule is CC(C)(C)c1nc2ccccn2c1N=Nc1ccc(F)c(Cl)c1. The van der Waals surface area contributed by atoms with Crippen molar-refractivity contribution in [2.75, 3.05) is 0 Å². The Kier molecular flexibility index (Phi) is 3.90. The number of imidazole rings is 1. The summed E-state index contributed by atoms with van der Waals surface area (Å²) in [6, 6.07) is 10.0. The molecule has 3 rings (SSSR count). The maximum atomic E-state index is 13.2. The molecule has 23 heavy (non-hydrogen) atoms. The first-order valence-electron chi connectivity index (χ1n) is 7.20. The molecule has 1 aromatic carbocycles. The number of azo groups is 1. The molecule has 0 radical (unpaired) electrons. The van der Waals surface area contributed by atoms with E-state index in [1.165, 1.54) is 18.2 Å². The summed E-state index contributed by atoms with van der Waals surface area (Å²) >= 11 is 5.78. The van der Waals surface area contributed by atoms with Crippen LogP contribution in [0.3, 0.4) is 0 Å². The molecule has 0 unspecified atom stereocenters. The average Bonchev–Trinajstić information content (AvgIpc) is 2.87. The molecule has 4 nitrogen and oxygen atoms in total. The van der Waals surface area contributed by atoms with E-state index in [9.17, 15) is 4.39 Å². The first-order chi connectivity index (χ1) is 10.9. The molecule has 2 heterocycles. The van der Waals surface area contributed by atoms with E-state index in [2.05, 4.69) is 36.0 Å². The molecule has 0 fully saturated rings. The lowest BCUT2D eigenvalue weighted by molar-refractivity contribution is 0.574. The van der Waals surface area contributed by atoms with Crippen LogP contribution in [0.1, 0.15) is 26.5 Å². The van der Waals surface area contributed by atoms with Crippen molar-refractivity contribution in [1.29, 1.82) is 0 Å². The minimum absolute atomic E-state index is 0.0237. The average molecular weight is 331 g/mol. The van der Waals surface area contributed by atoms with Gasteiger partial charge in [-0.3, -0.25) is 4.40 Å². The molecule has 0 saturated heterocycles. The van der Waals surface area contributed by atoms with Gasteiger partial charge >= 0.3 is 0 Å². The molecule has 0 N–H and O–H groups in total. The summed E-state index contributed by atoms with van der Waals surface area (Å²) in [5.41, 5.74) is 1.96. The number of hydrogen-bond acceptors (Lipinski definition) is 3. The summed E-state index contributed by atoms with van der Waals surface area (Å²) < 4.78 is 15.1. The number of aromatic nitrogens is 2. The number of nitrogens with zero attached hydrogens (tertiary/aromatic N) is 4. The molecule has 6 heteroatoms. The van der Waals surface area contributed by atoms with Crippen molar-refractivity contribution >= 4 is 28.8 Å². The van der Waals surface area contributed by atoms with E-state index in [4.69, 9.17) is 11.6 Å². The van der Waals surface area contributed by atoms with Crippen LogP contribution in [0, 0.1) is 5.82 Å². The number of benzene rings is 1. The number of halogens is 2. The van der Waals surface area contributed by atoms with Crippen molar-refractivity contribution in [2.24, 2.45) is 10.2 Å². The molecule has 0 saturated carbocycles. The smallest absolute Gasteiger partial charge is 0.183 e. The zero-order chi connectivity index (χ0) is 16.6. The first-order valence-corrected chi connectivity index (χ1v) is 7.58. The predicted octanol–water partition coefficient (Wildman–Crippen LogP) is 5.84. The molecule has 0 aliphatic rings. The van der Waals surface area contributed by atoms with Gasteiger partial charge in [0.05, 0.1) is 16.4 Å². The van der Waals surface area contributed by atoms with E-state index in [1.807, 2.05) is 28.8 Å². The van der Waals surface area contributed by atoms with Crippen LogP contribution in [0.5, 0.6) is 0 Å². The predicted molar refractivity (Wildman–Crippen MR) is 89.5 cm³/mol. The molecule has 0 atom stereocenters. The van der Waals surface area contributed by atoms with Gasteiger partial charge in [0.1, 0.15) is 11.5 Å². The molecular weight excluding hydrogens is 315 g/mol. The Morgan fingerprint density at radius 3 is 2.61 bits per heavy atom. The fourth-order valence-corrected chi connectivity index (χ4v) is 2.41. The van der Waals surface area contributed by atoms with E-state index in [1.54, 1.807) is 0 Å². The van der Waals surface area contributed by atoms with E-state index in [0.717, 1.165) is 11.3 Å². The minimum atomic E-state index is -0.476. The van der Waals surface area contributed by atoms with E-state index < -0.39 is 5.82 Å². The maximum Gasteiger partial charge on any atom is 0.183 e. The third kappa shape index (κ3) is 3.10. The molecule has 0 spiro atoms. The van der Waals surface area contributed by atoms with E-state index in [-0.39, 0.29) is 10.4 Å². The van der Waals surface area contributed by atoms with Gasteiger partial charge in [0, 0.05) is 11.6 Å². The van der Waals surface area contributed by atoms with Crippen molar-refractivity contribution in [3.8, 4) is 0 Å². The van der Waals surface area contributed by atoms with Crippen LogP contribution in [-0.2, 0) is 5.41 Å². The summed E-state index contributed by atoms with van der Waals surface area (Å²) in [7, 11) is 0. The second kappa shape index (κ2) is 5.74. The van der Waals surface area contributed by atoms with Crippen molar-refractivity contribution in [1.82, 2.24) is 9.38 Å². The summed E-state index contributed by atoms with van der Waals surface area (Å²) in [6.45, 7) is 6.22. The Balaban J connectivity index is 2.11. The van der Waals surface area contributed by atoms with Crippen LogP contribution in [0.25, 0.3) is 5.65 Å². The molecule has 3 aromatic rings. The fourth-order valence-electron chi connectivity index (χ4n) is 2.23. The summed E-state index contributed by atoms with van der Waals surface area (Å²) in [5.74, 6) is 0.185. The Morgan fingerprint density at radius 2 is 1.91 bits per heavy atom. The van der Waals surface area contributed by atoms with Gasteiger partial charge in [-0.1, -0.05) is 38.4 Å². The number of rotatable bonds is 2. The van der Waals surface area contributed by atoms with Gasteiger partial charge < -0.3 is 0 Å². The normalized spacial score (nSPS) is 12.4.